The number of nitrogens with one attached hydrogen (secondary N) is 1. The molecule has 0 atom stereocenters. The molecule has 1 N–H and O–H groups in total. The zero-order valence-corrected chi connectivity index (χ0v) is 7.91. The van der Waals surface area contributed by atoms with Crippen molar-refractivity contribution in [1.82, 2.24) is 4.98 Å². The van der Waals surface area contributed by atoms with Crippen LogP contribution in [0.2, 0.25) is 19.6 Å². The summed E-state index contributed by atoms with van der Waals surface area (Å²) in [4.78, 5) is 13.3. The van der Waals surface area contributed by atoms with Crippen molar-refractivity contribution < 1.29 is 25.1 Å². The number of carbonyl (C=O) groups is 1. The molecule has 9 heavy (non-hydrogen) atoms. The van der Waals surface area contributed by atoms with Crippen molar-refractivity contribution in [3.63, 3.8) is 0 Å². The van der Waals surface area contributed by atoms with E-state index in [1.54, 1.807) is 6.92 Å². The fraction of sp³-hybridized carbons (Fsp3) is 0.800. The van der Waals surface area contributed by atoms with Crippen LogP contribution in [0.3, 0.4) is 0 Å². The summed E-state index contributed by atoms with van der Waals surface area (Å²) in [6.07, 6.45) is 0. The van der Waals surface area contributed by atoms with Gasteiger partial charge in [0.05, 0.1) is 0 Å². The van der Waals surface area contributed by atoms with Crippen LogP contribution in [0.4, 0.5) is 0 Å². The smallest absolute Gasteiger partial charge is 1.00 e. The Morgan fingerprint density at radius 3 is 1.78 bits per heavy atom. The fourth-order valence-electron chi connectivity index (χ4n) is 0.528. The largest absolute Gasteiger partial charge is 1.00 e. The Balaban J connectivity index is -0.000000245. The minimum Gasteiger partial charge on any atom is -1.00 e. The molecule has 0 aromatic carbocycles. The molecule has 0 aromatic rings. The van der Waals surface area contributed by atoms with Crippen molar-refractivity contribution in [3.8, 4) is 0 Å². The Labute approximate surface area is 71.2 Å². The van der Waals surface area contributed by atoms with Crippen LogP contribution in [0.15, 0.2) is 0 Å². The van der Waals surface area contributed by atoms with E-state index in [2.05, 4.69) is 24.6 Å². The van der Waals surface area contributed by atoms with Crippen LogP contribution < -0.4 is 23.8 Å². The number of hydrogen-bond acceptors (Lipinski definition) is 1. The van der Waals surface area contributed by atoms with E-state index in [1.807, 2.05) is 0 Å². The maximum absolute atomic E-state index is 10.4. The van der Waals surface area contributed by atoms with Crippen LogP contribution in [0, 0.1) is 0 Å². The Bertz CT molecular complexity index is 104. The van der Waals surface area contributed by atoms with E-state index in [0.717, 1.165) is 0 Å². The zero-order chi connectivity index (χ0) is 6.78. The molecule has 0 aliphatic rings. The molecule has 4 heteroatoms. The van der Waals surface area contributed by atoms with Gasteiger partial charge in [-0.2, -0.15) is 0 Å². The second-order valence-electron chi connectivity index (χ2n) is 2.93. The molecular formula is C5H14LiNOSi. The average Bonchev–Trinajstić information content (AvgIpc) is 1.21. The fourth-order valence-corrected chi connectivity index (χ4v) is 1.58. The SMILES string of the molecule is CC(=O)N[Si](C)(C)C.[H-].[Li+]. The van der Waals surface area contributed by atoms with Crippen LogP contribution >= 0.6 is 0 Å². The summed E-state index contributed by atoms with van der Waals surface area (Å²) in [5.41, 5.74) is 0. The number of hydrogen-bond donors (Lipinski definition) is 1. The topological polar surface area (TPSA) is 29.1 Å². The van der Waals surface area contributed by atoms with Crippen LogP contribution in [-0.4, -0.2) is 14.1 Å². The van der Waals surface area contributed by atoms with Crippen molar-refractivity contribution in [2.45, 2.75) is 26.6 Å². The van der Waals surface area contributed by atoms with E-state index in [0.29, 0.717) is 0 Å². The summed E-state index contributed by atoms with van der Waals surface area (Å²) < 4.78 is 0. The van der Waals surface area contributed by atoms with Crippen LogP contribution in [0.25, 0.3) is 0 Å². The van der Waals surface area contributed by atoms with Crippen LogP contribution in [0.5, 0.6) is 0 Å². The third kappa shape index (κ3) is 11.7. The monoisotopic (exact) mass is 139 g/mol. The Morgan fingerprint density at radius 1 is 1.44 bits per heavy atom. The molecule has 0 saturated carbocycles. The van der Waals surface area contributed by atoms with Gasteiger partial charge in [0, 0.05) is 6.92 Å². The molecule has 0 aliphatic heterocycles. The van der Waals surface area contributed by atoms with Gasteiger partial charge < -0.3 is 6.41 Å². The molecule has 0 aliphatic carbocycles. The number of rotatable bonds is 1. The molecule has 0 heterocycles. The predicted octanol–water partition coefficient (Wildman–Crippen LogP) is -1.93. The normalized spacial score (nSPS) is 9.78. The van der Waals surface area contributed by atoms with Crippen molar-refractivity contribution in [2.24, 2.45) is 0 Å². The maximum atomic E-state index is 10.4. The predicted molar refractivity (Wildman–Crippen MR) is 38.3 cm³/mol. The van der Waals surface area contributed by atoms with E-state index in [4.69, 9.17) is 0 Å². The number of amides is 1. The standard InChI is InChI=1S/C5H13NOSi.Li.H/c1-5(7)6-8(2,3)4;;/h1-4H3,(H,6,7);;/q;+1;-1. The third-order valence-corrected chi connectivity index (χ3v) is 1.65. The van der Waals surface area contributed by atoms with Gasteiger partial charge in [-0.1, -0.05) is 19.6 Å². The van der Waals surface area contributed by atoms with Crippen LogP contribution in [-0.2, 0) is 4.79 Å². The molecule has 0 unspecified atom stereocenters. The van der Waals surface area contributed by atoms with Crippen molar-refractivity contribution in [2.75, 3.05) is 0 Å². The van der Waals surface area contributed by atoms with E-state index in [1.165, 1.54) is 0 Å². The van der Waals surface area contributed by atoms with E-state index < -0.39 is 8.24 Å². The zero-order valence-electron chi connectivity index (χ0n) is 7.91. The summed E-state index contributed by atoms with van der Waals surface area (Å²) in [7, 11) is -1.32. The third-order valence-electron chi connectivity index (χ3n) is 0.551. The Morgan fingerprint density at radius 2 is 1.78 bits per heavy atom. The minimum atomic E-state index is -1.32. The minimum absolute atomic E-state index is 0. The quantitative estimate of drug-likeness (QED) is 0.421. The summed E-state index contributed by atoms with van der Waals surface area (Å²) in [6, 6.07) is 0. The van der Waals surface area contributed by atoms with Gasteiger partial charge in [0.15, 0.2) is 0 Å². The van der Waals surface area contributed by atoms with Gasteiger partial charge >= 0.3 is 18.9 Å². The molecule has 0 bridgehead atoms. The van der Waals surface area contributed by atoms with Crippen molar-refractivity contribution >= 4 is 14.1 Å². The van der Waals surface area contributed by atoms with E-state index >= 15 is 0 Å². The van der Waals surface area contributed by atoms with Crippen LogP contribution in [0.1, 0.15) is 8.35 Å². The molecular weight excluding hydrogens is 125 g/mol. The molecule has 0 radical (unpaired) electrons. The summed E-state index contributed by atoms with van der Waals surface area (Å²) in [5.74, 6) is 0.0872. The van der Waals surface area contributed by atoms with Gasteiger partial charge in [-0.05, 0) is 0 Å². The molecule has 0 rings (SSSR count). The van der Waals surface area contributed by atoms with Gasteiger partial charge in [0.1, 0.15) is 8.24 Å². The van der Waals surface area contributed by atoms with Gasteiger partial charge in [0.25, 0.3) is 0 Å². The molecule has 0 spiro atoms. The Kier molecular flexibility index (Phi) is 5.55. The first kappa shape index (κ1) is 12.0. The molecule has 0 aromatic heterocycles. The van der Waals surface area contributed by atoms with E-state index in [9.17, 15) is 4.79 Å². The maximum Gasteiger partial charge on any atom is 1.00 e. The molecule has 0 fully saturated rings. The van der Waals surface area contributed by atoms with Gasteiger partial charge in [0.2, 0.25) is 5.91 Å². The summed E-state index contributed by atoms with van der Waals surface area (Å²) in [5, 5.41) is 0. The number of carbonyl (C=O) groups excluding carboxylic acids is 1. The first-order valence-electron chi connectivity index (χ1n) is 2.70. The summed E-state index contributed by atoms with van der Waals surface area (Å²) >= 11 is 0. The van der Waals surface area contributed by atoms with E-state index in [-0.39, 0.29) is 26.2 Å². The molecule has 2 nitrogen and oxygen atoms in total. The molecule has 1 amide bonds. The van der Waals surface area contributed by atoms with Crippen molar-refractivity contribution in [3.05, 3.63) is 0 Å². The first-order chi connectivity index (χ1) is 3.42. The van der Waals surface area contributed by atoms with Crippen molar-refractivity contribution in [1.29, 1.82) is 0 Å². The molecule has 50 valence electrons. The first-order valence-corrected chi connectivity index (χ1v) is 6.20. The Hall–Kier alpha value is 0.284. The van der Waals surface area contributed by atoms with Gasteiger partial charge in [-0.3, -0.25) is 4.79 Å². The average molecular weight is 139 g/mol. The second-order valence-corrected chi connectivity index (χ2v) is 7.68. The van der Waals surface area contributed by atoms with Gasteiger partial charge in [-0.25, -0.2) is 0 Å². The molecule has 0 saturated heterocycles. The summed E-state index contributed by atoms with van der Waals surface area (Å²) in [6.45, 7) is 7.83. The second kappa shape index (κ2) is 4.16. The van der Waals surface area contributed by atoms with Gasteiger partial charge in [-0.15, -0.1) is 0 Å².